The zero-order chi connectivity index (χ0) is 11.8. The van der Waals surface area contributed by atoms with Gasteiger partial charge in [-0.3, -0.25) is 0 Å². The first-order valence-electron chi connectivity index (χ1n) is 6.29. The van der Waals surface area contributed by atoms with Gasteiger partial charge in [-0.2, -0.15) is 23.5 Å². The summed E-state index contributed by atoms with van der Waals surface area (Å²) in [5.41, 5.74) is 0. The zero-order valence-corrected chi connectivity index (χ0v) is 12.5. The van der Waals surface area contributed by atoms with Crippen molar-refractivity contribution < 1.29 is 0 Å². The van der Waals surface area contributed by atoms with E-state index in [2.05, 4.69) is 54.8 Å². The Morgan fingerprint density at radius 3 is 2.38 bits per heavy atom. The van der Waals surface area contributed by atoms with E-state index in [0.29, 0.717) is 6.04 Å². The molecule has 1 fully saturated rings. The maximum Gasteiger partial charge on any atom is 0.0249 e. The van der Waals surface area contributed by atoms with E-state index in [1.165, 1.54) is 35.9 Å². The smallest absolute Gasteiger partial charge is 0.0249 e. The summed E-state index contributed by atoms with van der Waals surface area (Å²) in [4.78, 5) is 2.35. The van der Waals surface area contributed by atoms with Crippen LogP contribution in [-0.2, 0) is 0 Å². The van der Waals surface area contributed by atoms with Gasteiger partial charge in [0.1, 0.15) is 0 Å². The molecule has 96 valence electrons. The van der Waals surface area contributed by atoms with Crippen LogP contribution >= 0.6 is 23.5 Å². The quantitative estimate of drug-likeness (QED) is 0.788. The lowest BCUT2D eigenvalue weighted by Crippen LogP contribution is -2.43. The third-order valence-corrected chi connectivity index (χ3v) is 5.52. The van der Waals surface area contributed by atoms with Crippen molar-refractivity contribution in [3.8, 4) is 0 Å². The third-order valence-electron chi connectivity index (χ3n) is 3.00. The standard InChI is InChI=1S/C12H26N2S2/c1-4-5-12(14(2)3)8-13-11-9-15-6-7-16-10-11/h11-13H,4-10H2,1-3H3. The maximum absolute atomic E-state index is 3.74. The van der Waals surface area contributed by atoms with Crippen LogP contribution in [0.4, 0.5) is 0 Å². The fourth-order valence-electron chi connectivity index (χ4n) is 1.91. The monoisotopic (exact) mass is 262 g/mol. The first-order valence-corrected chi connectivity index (χ1v) is 8.60. The lowest BCUT2D eigenvalue weighted by Gasteiger charge is -2.26. The summed E-state index contributed by atoms with van der Waals surface area (Å²) in [6.07, 6.45) is 2.58. The summed E-state index contributed by atoms with van der Waals surface area (Å²) >= 11 is 4.20. The van der Waals surface area contributed by atoms with E-state index in [1.54, 1.807) is 0 Å². The second-order valence-corrected chi connectivity index (χ2v) is 6.96. The Hall–Kier alpha value is 0.620. The summed E-state index contributed by atoms with van der Waals surface area (Å²) in [5, 5.41) is 3.74. The van der Waals surface area contributed by atoms with Gasteiger partial charge < -0.3 is 10.2 Å². The molecule has 1 unspecified atom stereocenters. The molecule has 0 aromatic rings. The Labute approximate surface area is 109 Å². The van der Waals surface area contributed by atoms with E-state index in [9.17, 15) is 0 Å². The summed E-state index contributed by atoms with van der Waals surface area (Å²) in [7, 11) is 4.39. The second-order valence-electron chi connectivity index (χ2n) is 4.66. The van der Waals surface area contributed by atoms with Gasteiger partial charge in [0, 0.05) is 41.6 Å². The van der Waals surface area contributed by atoms with Crippen LogP contribution in [0.3, 0.4) is 0 Å². The van der Waals surface area contributed by atoms with Gasteiger partial charge in [0.2, 0.25) is 0 Å². The molecule has 0 spiro atoms. The van der Waals surface area contributed by atoms with Gasteiger partial charge >= 0.3 is 0 Å². The van der Waals surface area contributed by atoms with Crippen molar-refractivity contribution >= 4 is 23.5 Å². The molecule has 0 amide bonds. The Morgan fingerprint density at radius 2 is 1.88 bits per heavy atom. The highest BCUT2D eigenvalue weighted by Crippen LogP contribution is 2.16. The zero-order valence-electron chi connectivity index (χ0n) is 10.9. The highest BCUT2D eigenvalue weighted by atomic mass is 32.2. The highest BCUT2D eigenvalue weighted by Gasteiger charge is 2.15. The Kier molecular flexibility index (Phi) is 7.96. The molecule has 0 radical (unpaired) electrons. The minimum absolute atomic E-state index is 0.697. The third kappa shape index (κ3) is 5.80. The lowest BCUT2D eigenvalue weighted by atomic mass is 10.1. The van der Waals surface area contributed by atoms with Crippen LogP contribution in [0.2, 0.25) is 0 Å². The number of nitrogens with one attached hydrogen (secondary N) is 1. The summed E-state index contributed by atoms with van der Waals surface area (Å²) in [5.74, 6) is 5.24. The van der Waals surface area contributed by atoms with Crippen molar-refractivity contribution in [2.24, 2.45) is 0 Å². The van der Waals surface area contributed by atoms with Crippen LogP contribution in [-0.4, -0.2) is 60.6 Å². The van der Waals surface area contributed by atoms with Crippen molar-refractivity contribution in [1.29, 1.82) is 0 Å². The minimum Gasteiger partial charge on any atom is -0.311 e. The Balaban J connectivity index is 2.24. The van der Waals surface area contributed by atoms with E-state index in [1.807, 2.05) is 0 Å². The number of thioether (sulfide) groups is 2. The van der Waals surface area contributed by atoms with Crippen LogP contribution in [0.5, 0.6) is 0 Å². The van der Waals surface area contributed by atoms with Gasteiger partial charge in [-0.05, 0) is 20.5 Å². The van der Waals surface area contributed by atoms with Crippen molar-refractivity contribution in [2.45, 2.75) is 31.8 Å². The summed E-state index contributed by atoms with van der Waals surface area (Å²) in [6, 6.07) is 1.42. The summed E-state index contributed by atoms with van der Waals surface area (Å²) in [6.45, 7) is 3.42. The molecule has 1 rings (SSSR count). The first-order chi connectivity index (χ1) is 7.74. The molecular weight excluding hydrogens is 236 g/mol. The fraction of sp³-hybridized carbons (Fsp3) is 1.00. The second kappa shape index (κ2) is 8.67. The van der Waals surface area contributed by atoms with Gasteiger partial charge in [0.15, 0.2) is 0 Å². The van der Waals surface area contributed by atoms with Crippen molar-refractivity contribution in [3.63, 3.8) is 0 Å². The van der Waals surface area contributed by atoms with Gasteiger partial charge in [-0.1, -0.05) is 13.3 Å². The first kappa shape index (κ1) is 14.7. The van der Waals surface area contributed by atoms with Crippen LogP contribution in [0.25, 0.3) is 0 Å². The van der Waals surface area contributed by atoms with Gasteiger partial charge in [-0.15, -0.1) is 0 Å². The molecule has 1 aliphatic heterocycles. The molecule has 4 heteroatoms. The van der Waals surface area contributed by atoms with Crippen LogP contribution in [0, 0.1) is 0 Å². The molecule has 1 heterocycles. The molecule has 0 bridgehead atoms. The molecule has 16 heavy (non-hydrogen) atoms. The van der Waals surface area contributed by atoms with Crippen molar-refractivity contribution in [1.82, 2.24) is 10.2 Å². The molecule has 1 aliphatic rings. The van der Waals surface area contributed by atoms with E-state index in [4.69, 9.17) is 0 Å². The molecule has 0 aromatic heterocycles. The predicted octanol–water partition coefficient (Wildman–Crippen LogP) is 2.15. The van der Waals surface area contributed by atoms with Crippen LogP contribution in [0.15, 0.2) is 0 Å². The molecular formula is C12H26N2S2. The lowest BCUT2D eigenvalue weighted by molar-refractivity contribution is 0.263. The van der Waals surface area contributed by atoms with Crippen LogP contribution in [0.1, 0.15) is 19.8 Å². The van der Waals surface area contributed by atoms with Gasteiger partial charge in [0.05, 0.1) is 0 Å². The molecule has 1 saturated heterocycles. The van der Waals surface area contributed by atoms with Crippen molar-refractivity contribution in [2.75, 3.05) is 43.7 Å². The number of likely N-dealkylation sites (N-methyl/N-ethyl adjacent to an activating group) is 1. The number of hydrogen-bond acceptors (Lipinski definition) is 4. The molecule has 0 saturated carbocycles. The molecule has 0 aromatic carbocycles. The van der Waals surface area contributed by atoms with Crippen LogP contribution < -0.4 is 5.32 Å². The number of rotatable bonds is 6. The highest BCUT2D eigenvalue weighted by molar-refractivity contribution is 8.03. The van der Waals surface area contributed by atoms with Crippen molar-refractivity contribution in [3.05, 3.63) is 0 Å². The normalized spacial score (nSPS) is 21.0. The number of nitrogens with zero attached hydrogens (tertiary/aromatic N) is 1. The predicted molar refractivity (Wildman–Crippen MR) is 78.8 cm³/mol. The SMILES string of the molecule is CCCC(CNC1CSCCSC1)N(C)C. The molecule has 2 nitrogen and oxygen atoms in total. The van der Waals surface area contributed by atoms with E-state index in [-0.39, 0.29) is 0 Å². The van der Waals surface area contributed by atoms with E-state index in [0.717, 1.165) is 12.6 Å². The summed E-state index contributed by atoms with van der Waals surface area (Å²) < 4.78 is 0. The molecule has 1 N–H and O–H groups in total. The molecule has 1 atom stereocenters. The largest absolute Gasteiger partial charge is 0.311 e. The average Bonchev–Trinajstić information content (AvgIpc) is 2.52. The average molecular weight is 262 g/mol. The fourth-order valence-corrected chi connectivity index (χ4v) is 4.38. The van der Waals surface area contributed by atoms with E-state index < -0.39 is 0 Å². The number of hydrogen-bond donors (Lipinski definition) is 1. The Bertz CT molecular complexity index is 168. The topological polar surface area (TPSA) is 15.3 Å². The maximum atomic E-state index is 3.74. The van der Waals surface area contributed by atoms with Gasteiger partial charge in [0.25, 0.3) is 0 Å². The van der Waals surface area contributed by atoms with E-state index >= 15 is 0 Å². The molecule has 0 aliphatic carbocycles. The minimum atomic E-state index is 0.697. The Morgan fingerprint density at radius 1 is 1.25 bits per heavy atom. The van der Waals surface area contributed by atoms with Gasteiger partial charge in [-0.25, -0.2) is 0 Å².